The lowest BCUT2D eigenvalue weighted by Crippen LogP contribution is -2.20. The molecule has 0 amide bonds. The fourth-order valence-corrected chi connectivity index (χ4v) is 10.6. The van der Waals surface area contributed by atoms with Gasteiger partial charge in [0.25, 0.3) is 0 Å². The van der Waals surface area contributed by atoms with Crippen molar-refractivity contribution in [3.8, 4) is 16.8 Å². The third-order valence-corrected chi connectivity index (χ3v) is 12.9. The number of hydrogen-bond acceptors (Lipinski definition) is 2. The molecule has 2 unspecified atom stereocenters. The number of rotatable bonds is 4. The first kappa shape index (κ1) is 30.4. The Labute approximate surface area is 315 Å². The van der Waals surface area contributed by atoms with Gasteiger partial charge >= 0.3 is 0 Å². The number of hydrogen-bond donors (Lipinski definition) is 0. The summed E-state index contributed by atoms with van der Waals surface area (Å²) in [7, 11) is 0. The summed E-state index contributed by atoms with van der Waals surface area (Å²) in [5, 5.41) is 2.55. The Hall–Kier alpha value is -6.06. The number of aromatic nitrogens is 1. The van der Waals surface area contributed by atoms with Gasteiger partial charge in [0.05, 0.1) is 11.2 Å². The largest absolute Gasteiger partial charge is 0.456 e. The van der Waals surface area contributed by atoms with Crippen LogP contribution in [0.5, 0.6) is 0 Å². The standard InChI is InChI=1S/C51H40N2O/c1-31-35-15-5-6-17-40(35)50-43-29-33(25-27-37(43)41-20-11-19-36(31)49(41)50)52(45-22-12-24-48-51(45)42-18-8-10-23-47(42)54-48)34-26-28-39-38-16-7-9-21-44(38)53(46(39)30-34)32-13-3-2-4-14-32/h2-5,9-15,19-31,35H,6-8,16-18H2,1H3. The second kappa shape index (κ2) is 11.5. The SMILES string of the molecule is CC1c2cccc3c2C(=C2CCC=CC21)c1cc(N(c2ccc4c5c(n(-c6ccccc6)c4c2)C=CCC5)c2cccc4oc5c(c24)CCC=C5)ccc1-3. The number of furan rings is 1. The van der Waals surface area contributed by atoms with Crippen molar-refractivity contribution in [3.63, 3.8) is 0 Å². The third kappa shape index (κ3) is 4.18. The minimum atomic E-state index is 0.453. The van der Waals surface area contributed by atoms with Crippen LogP contribution in [0, 0.1) is 5.92 Å². The van der Waals surface area contributed by atoms with Crippen LogP contribution in [0.4, 0.5) is 17.1 Å². The average Bonchev–Trinajstić information content (AvgIpc) is 3.88. The molecule has 0 bridgehead atoms. The van der Waals surface area contributed by atoms with Gasteiger partial charge in [0.15, 0.2) is 0 Å². The van der Waals surface area contributed by atoms with Crippen molar-refractivity contribution in [3.05, 3.63) is 172 Å². The molecule has 260 valence electrons. The van der Waals surface area contributed by atoms with E-state index in [-0.39, 0.29) is 0 Å². The highest BCUT2D eigenvalue weighted by molar-refractivity contribution is 6.07. The van der Waals surface area contributed by atoms with Crippen molar-refractivity contribution in [1.82, 2.24) is 4.57 Å². The van der Waals surface area contributed by atoms with Gasteiger partial charge in [0.1, 0.15) is 11.3 Å². The van der Waals surface area contributed by atoms with E-state index in [1.54, 1.807) is 5.57 Å². The molecule has 0 radical (unpaired) electrons. The van der Waals surface area contributed by atoms with Gasteiger partial charge in [0, 0.05) is 45.0 Å². The summed E-state index contributed by atoms with van der Waals surface area (Å²) in [5.74, 6) is 1.93. The summed E-state index contributed by atoms with van der Waals surface area (Å²) >= 11 is 0. The zero-order valence-electron chi connectivity index (χ0n) is 30.5. The first-order valence-corrected chi connectivity index (χ1v) is 19.8. The average molecular weight is 697 g/mol. The van der Waals surface area contributed by atoms with Crippen LogP contribution >= 0.6 is 0 Å². The molecule has 0 spiro atoms. The molecule has 5 aromatic carbocycles. The first-order chi connectivity index (χ1) is 26.7. The van der Waals surface area contributed by atoms with E-state index in [1.165, 1.54) is 83.6 Å². The molecule has 0 N–H and O–H groups in total. The van der Waals surface area contributed by atoms with Gasteiger partial charge in [-0.15, -0.1) is 0 Å². The maximum Gasteiger partial charge on any atom is 0.137 e. The Bertz CT molecular complexity index is 2850. The molecule has 0 aliphatic heterocycles. The molecule has 2 atom stereocenters. The Balaban J connectivity index is 1.13. The topological polar surface area (TPSA) is 21.3 Å². The maximum atomic E-state index is 6.56. The summed E-state index contributed by atoms with van der Waals surface area (Å²) in [6.45, 7) is 2.43. The monoisotopic (exact) mass is 696 g/mol. The van der Waals surface area contributed by atoms with E-state index in [4.69, 9.17) is 4.42 Å². The quantitative estimate of drug-likeness (QED) is 0.171. The summed E-state index contributed by atoms with van der Waals surface area (Å²) in [4.78, 5) is 2.52. The normalized spacial score (nSPS) is 18.8. The maximum absolute atomic E-state index is 6.56. The molecule has 0 saturated carbocycles. The third-order valence-electron chi connectivity index (χ3n) is 12.9. The molecule has 2 aromatic heterocycles. The molecule has 0 saturated heterocycles. The molecule has 3 heteroatoms. The van der Waals surface area contributed by atoms with Crippen LogP contribution in [-0.2, 0) is 12.8 Å². The van der Waals surface area contributed by atoms with Crippen molar-refractivity contribution >= 4 is 56.7 Å². The summed E-state index contributed by atoms with van der Waals surface area (Å²) in [6, 6.07) is 38.9. The zero-order valence-corrected chi connectivity index (χ0v) is 30.5. The Kier molecular flexibility index (Phi) is 6.46. The van der Waals surface area contributed by atoms with Crippen LogP contribution in [0.2, 0.25) is 0 Å². The van der Waals surface area contributed by atoms with Crippen LogP contribution in [-0.4, -0.2) is 4.57 Å². The van der Waals surface area contributed by atoms with Crippen LogP contribution in [0.25, 0.3) is 56.4 Å². The van der Waals surface area contributed by atoms with E-state index >= 15 is 0 Å². The van der Waals surface area contributed by atoms with Crippen LogP contribution in [0.15, 0.2) is 137 Å². The van der Waals surface area contributed by atoms with Gasteiger partial charge in [-0.3, -0.25) is 0 Å². The van der Waals surface area contributed by atoms with Crippen molar-refractivity contribution < 1.29 is 4.42 Å². The predicted molar refractivity (Wildman–Crippen MR) is 224 cm³/mol. The van der Waals surface area contributed by atoms with Gasteiger partial charge in [-0.05, 0) is 144 Å². The summed E-state index contributed by atoms with van der Waals surface area (Å²) in [5.41, 5.74) is 21.1. The lowest BCUT2D eigenvalue weighted by Gasteiger charge is -2.35. The number of allylic oxidation sites excluding steroid dienone is 5. The van der Waals surface area contributed by atoms with Gasteiger partial charge in [0.2, 0.25) is 0 Å². The van der Waals surface area contributed by atoms with Crippen molar-refractivity contribution in [1.29, 1.82) is 0 Å². The first-order valence-electron chi connectivity index (χ1n) is 19.8. The fourth-order valence-electron chi connectivity index (χ4n) is 10.6. The highest BCUT2D eigenvalue weighted by Gasteiger charge is 2.39. The smallest absolute Gasteiger partial charge is 0.137 e. The number of aryl methyl sites for hydroxylation is 2. The van der Waals surface area contributed by atoms with Gasteiger partial charge in [-0.1, -0.05) is 91.4 Å². The predicted octanol–water partition coefficient (Wildman–Crippen LogP) is 13.6. The van der Waals surface area contributed by atoms with Gasteiger partial charge < -0.3 is 13.9 Å². The van der Waals surface area contributed by atoms with Crippen molar-refractivity contribution in [2.75, 3.05) is 4.90 Å². The van der Waals surface area contributed by atoms with Crippen LogP contribution in [0.1, 0.15) is 77.8 Å². The number of fused-ring (bicyclic) bond motifs is 10. The van der Waals surface area contributed by atoms with Crippen LogP contribution in [0.3, 0.4) is 0 Å². The van der Waals surface area contributed by atoms with E-state index in [1.807, 2.05) is 0 Å². The van der Waals surface area contributed by atoms with E-state index in [9.17, 15) is 0 Å². The summed E-state index contributed by atoms with van der Waals surface area (Å²) < 4.78 is 9.03. The highest BCUT2D eigenvalue weighted by Crippen LogP contribution is 2.57. The molecule has 2 heterocycles. The Morgan fingerprint density at radius 3 is 2.43 bits per heavy atom. The molecular formula is C51H40N2O. The molecule has 0 fully saturated rings. The van der Waals surface area contributed by atoms with Crippen molar-refractivity contribution in [2.45, 2.75) is 51.4 Å². The Morgan fingerprint density at radius 1 is 0.685 bits per heavy atom. The van der Waals surface area contributed by atoms with Gasteiger partial charge in [-0.2, -0.15) is 0 Å². The van der Waals surface area contributed by atoms with E-state index in [0.717, 1.165) is 55.6 Å². The second-order valence-corrected chi connectivity index (χ2v) is 15.7. The van der Waals surface area contributed by atoms with E-state index in [0.29, 0.717) is 11.8 Å². The molecule has 54 heavy (non-hydrogen) atoms. The number of para-hydroxylation sites is 1. The molecule has 7 aromatic rings. The second-order valence-electron chi connectivity index (χ2n) is 15.7. The molecule has 5 aliphatic rings. The number of anilines is 3. The number of nitrogens with zero attached hydrogens (tertiary/aromatic N) is 2. The van der Waals surface area contributed by atoms with E-state index < -0.39 is 0 Å². The zero-order chi connectivity index (χ0) is 35.5. The minimum absolute atomic E-state index is 0.453. The molecule has 12 rings (SSSR count). The lowest BCUT2D eigenvalue weighted by atomic mass is 9.69. The molecular weight excluding hydrogens is 657 g/mol. The minimum Gasteiger partial charge on any atom is -0.456 e. The highest BCUT2D eigenvalue weighted by atomic mass is 16.3. The van der Waals surface area contributed by atoms with E-state index in [2.05, 4.69) is 156 Å². The van der Waals surface area contributed by atoms with Gasteiger partial charge in [-0.25, -0.2) is 0 Å². The number of benzene rings is 5. The lowest BCUT2D eigenvalue weighted by molar-refractivity contribution is 0.570. The van der Waals surface area contributed by atoms with Crippen molar-refractivity contribution in [2.24, 2.45) is 5.92 Å². The molecule has 3 nitrogen and oxygen atoms in total. The fraction of sp³-hybridized carbons (Fsp3) is 0.176. The Morgan fingerprint density at radius 2 is 1.50 bits per heavy atom. The summed E-state index contributed by atoms with van der Waals surface area (Å²) in [6.07, 6.45) is 20.3. The van der Waals surface area contributed by atoms with Crippen LogP contribution < -0.4 is 4.90 Å². The molecule has 5 aliphatic carbocycles.